The van der Waals surface area contributed by atoms with Crippen molar-refractivity contribution in [1.82, 2.24) is 20.4 Å². The van der Waals surface area contributed by atoms with Crippen LogP contribution >= 0.6 is 0 Å². The number of hydrogen-bond acceptors (Lipinski definition) is 6. The van der Waals surface area contributed by atoms with Gasteiger partial charge in [-0.3, -0.25) is 14.7 Å². The molecule has 0 aliphatic carbocycles. The van der Waals surface area contributed by atoms with Gasteiger partial charge in [-0.15, -0.1) is 5.10 Å². The second-order valence-corrected chi connectivity index (χ2v) is 4.51. The van der Waals surface area contributed by atoms with Crippen LogP contribution in [0.3, 0.4) is 0 Å². The second-order valence-electron chi connectivity index (χ2n) is 4.51. The molecule has 22 heavy (non-hydrogen) atoms. The molecule has 2 amide bonds. The molecular formula is C14H11N5O3. The van der Waals surface area contributed by atoms with E-state index < -0.39 is 11.8 Å². The molecule has 3 rings (SSSR count). The summed E-state index contributed by atoms with van der Waals surface area (Å²) in [4.78, 5) is 24.6. The lowest BCUT2D eigenvalue weighted by molar-refractivity contribution is 0.0615. The number of rotatable bonds is 2. The number of para-hydroxylation sites is 1. The Morgan fingerprint density at radius 2 is 1.73 bits per heavy atom. The smallest absolute Gasteiger partial charge is 0.278 e. The molecule has 0 aliphatic rings. The van der Waals surface area contributed by atoms with Crippen LogP contribution in [-0.4, -0.2) is 37.3 Å². The highest BCUT2D eigenvalue weighted by atomic mass is 16.3. The average Bonchev–Trinajstić information content (AvgIpc) is 3.02. The molecule has 0 unspecified atom stereocenters. The summed E-state index contributed by atoms with van der Waals surface area (Å²) in [5, 5.41) is 20.2. The van der Waals surface area contributed by atoms with Gasteiger partial charge in [-0.05, 0) is 24.3 Å². The Morgan fingerprint density at radius 3 is 2.50 bits per heavy atom. The van der Waals surface area contributed by atoms with E-state index in [0.29, 0.717) is 16.0 Å². The van der Waals surface area contributed by atoms with Crippen LogP contribution in [0.5, 0.6) is 5.75 Å². The molecule has 3 aromatic rings. The van der Waals surface area contributed by atoms with E-state index in [-0.39, 0.29) is 16.9 Å². The van der Waals surface area contributed by atoms with Crippen molar-refractivity contribution in [3.05, 3.63) is 53.6 Å². The number of aromatic amines is 1. The van der Waals surface area contributed by atoms with Crippen LogP contribution in [0.2, 0.25) is 0 Å². The van der Waals surface area contributed by atoms with E-state index >= 15 is 0 Å². The Morgan fingerprint density at radius 1 is 1.05 bits per heavy atom. The summed E-state index contributed by atoms with van der Waals surface area (Å²) >= 11 is 0. The van der Waals surface area contributed by atoms with Crippen LogP contribution in [0.15, 0.2) is 42.5 Å². The minimum absolute atomic E-state index is 0.0642. The summed E-state index contributed by atoms with van der Waals surface area (Å²) in [6.07, 6.45) is 0. The fourth-order valence-corrected chi connectivity index (χ4v) is 2.05. The zero-order valence-electron chi connectivity index (χ0n) is 11.2. The first-order valence-electron chi connectivity index (χ1n) is 6.31. The normalized spacial score (nSPS) is 10.6. The Kier molecular flexibility index (Phi) is 3.28. The number of H-pyrrole nitrogens is 1. The lowest BCUT2D eigenvalue weighted by atomic mass is 10.1. The van der Waals surface area contributed by atoms with E-state index in [1.165, 1.54) is 18.2 Å². The summed E-state index contributed by atoms with van der Waals surface area (Å²) in [6.45, 7) is 0. The predicted molar refractivity (Wildman–Crippen MR) is 76.7 cm³/mol. The number of fused-ring (bicyclic) bond motifs is 1. The summed E-state index contributed by atoms with van der Waals surface area (Å²) in [5.74, 6) is 3.81. The number of aromatic nitrogens is 3. The van der Waals surface area contributed by atoms with Gasteiger partial charge in [-0.2, -0.15) is 0 Å². The molecule has 0 aliphatic heterocycles. The topological polar surface area (TPSA) is 125 Å². The lowest BCUT2D eigenvalue weighted by Gasteiger charge is -2.15. The number of imide groups is 1. The maximum atomic E-state index is 12.4. The maximum Gasteiger partial charge on any atom is 0.278 e. The van der Waals surface area contributed by atoms with Crippen LogP contribution in [0.1, 0.15) is 20.7 Å². The Bertz CT molecular complexity index is 874. The third-order valence-electron chi connectivity index (χ3n) is 3.16. The third-order valence-corrected chi connectivity index (χ3v) is 3.16. The van der Waals surface area contributed by atoms with E-state index in [9.17, 15) is 14.7 Å². The fraction of sp³-hybridized carbons (Fsp3) is 0. The predicted octanol–water partition coefficient (Wildman–Crippen LogP) is 0.820. The number of carbonyl (C=O) groups excluding carboxylic acids is 2. The number of amides is 2. The molecule has 2 aromatic carbocycles. The number of nitrogens with one attached hydrogen (secondary N) is 1. The summed E-state index contributed by atoms with van der Waals surface area (Å²) in [6, 6.07) is 10.6. The van der Waals surface area contributed by atoms with Crippen molar-refractivity contribution in [2.24, 2.45) is 5.84 Å². The first-order chi connectivity index (χ1) is 10.6. The highest BCUT2D eigenvalue weighted by molar-refractivity contribution is 6.14. The molecular weight excluding hydrogens is 286 g/mol. The number of nitrogens with two attached hydrogens (primary N) is 1. The van der Waals surface area contributed by atoms with E-state index in [0.717, 1.165) is 0 Å². The fourth-order valence-electron chi connectivity index (χ4n) is 2.05. The van der Waals surface area contributed by atoms with Crippen LogP contribution < -0.4 is 5.84 Å². The highest BCUT2D eigenvalue weighted by Crippen LogP contribution is 2.19. The number of phenolic OH excluding ortho intramolecular Hbond substituents is 1. The van der Waals surface area contributed by atoms with Gasteiger partial charge in [0, 0.05) is 0 Å². The molecule has 0 radical (unpaired) electrons. The van der Waals surface area contributed by atoms with Gasteiger partial charge in [0.15, 0.2) is 0 Å². The molecule has 8 heteroatoms. The molecule has 0 fully saturated rings. The standard InChI is InChI=1S/C14H11N5O3/c15-19(13(21)8-4-1-2-7-11(8)20)14(22)9-5-3-6-10-12(9)17-18-16-10/h1-7,20H,15H2,(H,16,17,18). The Labute approximate surface area is 124 Å². The van der Waals surface area contributed by atoms with Crippen molar-refractivity contribution in [2.45, 2.75) is 0 Å². The minimum Gasteiger partial charge on any atom is -0.507 e. The van der Waals surface area contributed by atoms with Gasteiger partial charge < -0.3 is 5.11 Å². The summed E-state index contributed by atoms with van der Waals surface area (Å²) < 4.78 is 0. The van der Waals surface area contributed by atoms with E-state index in [4.69, 9.17) is 5.84 Å². The molecule has 8 nitrogen and oxygen atoms in total. The van der Waals surface area contributed by atoms with Gasteiger partial charge in [0.25, 0.3) is 11.8 Å². The van der Waals surface area contributed by atoms with E-state index in [1.807, 2.05) is 0 Å². The lowest BCUT2D eigenvalue weighted by Crippen LogP contribution is -2.42. The quantitative estimate of drug-likeness (QED) is 0.278. The monoisotopic (exact) mass is 297 g/mol. The SMILES string of the molecule is NN(C(=O)c1ccccc1O)C(=O)c1cccc2[nH]nnc12. The van der Waals surface area contributed by atoms with Crippen LogP contribution in [0.25, 0.3) is 11.0 Å². The second kappa shape index (κ2) is 5.26. The van der Waals surface area contributed by atoms with Crippen LogP contribution in [0, 0.1) is 0 Å². The average molecular weight is 297 g/mol. The number of aromatic hydroxyl groups is 1. The number of hydrogen-bond donors (Lipinski definition) is 3. The van der Waals surface area contributed by atoms with Crippen molar-refractivity contribution < 1.29 is 14.7 Å². The summed E-state index contributed by atoms with van der Waals surface area (Å²) in [7, 11) is 0. The molecule has 0 saturated carbocycles. The van der Waals surface area contributed by atoms with Gasteiger partial charge in [0.2, 0.25) is 0 Å². The minimum atomic E-state index is -0.816. The largest absolute Gasteiger partial charge is 0.507 e. The number of benzene rings is 2. The number of phenols is 1. The van der Waals surface area contributed by atoms with Crippen LogP contribution in [0.4, 0.5) is 0 Å². The molecule has 0 bridgehead atoms. The summed E-state index contributed by atoms with van der Waals surface area (Å²) in [5.41, 5.74) is 0.936. The van der Waals surface area contributed by atoms with E-state index in [1.54, 1.807) is 24.3 Å². The van der Waals surface area contributed by atoms with Gasteiger partial charge in [-0.1, -0.05) is 23.4 Å². The van der Waals surface area contributed by atoms with E-state index in [2.05, 4.69) is 15.4 Å². The van der Waals surface area contributed by atoms with Gasteiger partial charge in [0.1, 0.15) is 11.3 Å². The molecule has 0 atom stereocenters. The zero-order chi connectivity index (χ0) is 15.7. The molecule has 1 heterocycles. The van der Waals surface area contributed by atoms with Crippen molar-refractivity contribution in [2.75, 3.05) is 0 Å². The molecule has 0 spiro atoms. The molecule has 110 valence electrons. The Hall–Kier alpha value is -3.26. The number of nitrogens with zero attached hydrogens (tertiary/aromatic N) is 3. The maximum absolute atomic E-state index is 12.4. The first-order valence-corrected chi connectivity index (χ1v) is 6.31. The first kappa shape index (κ1) is 13.7. The van der Waals surface area contributed by atoms with Crippen molar-refractivity contribution in [3.63, 3.8) is 0 Å². The number of carbonyl (C=O) groups is 2. The number of hydrazine groups is 1. The third kappa shape index (κ3) is 2.17. The van der Waals surface area contributed by atoms with Gasteiger partial charge >= 0.3 is 0 Å². The molecule has 4 N–H and O–H groups in total. The molecule has 1 aromatic heterocycles. The van der Waals surface area contributed by atoms with Crippen molar-refractivity contribution in [1.29, 1.82) is 0 Å². The van der Waals surface area contributed by atoms with Gasteiger partial charge in [-0.25, -0.2) is 10.9 Å². The van der Waals surface area contributed by atoms with Crippen molar-refractivity contribution in [3.8, 4) is 5.75 Å². The Balaban J connectivity index is 1.97. The van der Waals surface area contributed by atoms with Gasteiger partial charge in [0.05, 0.1) is 16.6 Å². The van der Waals surface area contributed by atoms with Crippen LogP contribution in [-0.2, 0) is 0 Å². The highest BCUT2D eigenvalue weighted by Gasteiger charge is 2.25. The molecule has 0 saturated heterocycles. The zero-order valence-corrected chi connectivity index (χ0v) is 11.2. The van der Waals surface area contributed by atoms with Crippen molar-refractivity contribution >= 4 is 22.8 Å².